The van der Waals surface area contributed by atoms with Crippen LogP contribution in [0.25, 0.3) is 0 Å². The maximum atomic E-state index is 11.4. The SMILES string of the molecule is O=C1NCCc2ccc(CCl)cc21. The zero-order valence-electron chi connectivity index (χ0n) is 7.14. The van der Waals surface area contributed by atoms with Crippen molar-refractivity contribution in [2.75, 3.05) is 6.54 Å². The van der Waals surface area contributed by atoms with Crippen LogP contribution in [-0.4, -0.2) is 12.5 Å². The fourth-order valence-electron chi connectivity index (χ4n) is 1.54. The fraction of sp³-hybridized carbons (Fsp3) is 0.300. The van der Waals surface area contributed by atoms with Crippen molar-refractivity contribution in [3.8, 4) is 0 Å². The summed E-state index contributed by atoms with van der Waals surface area (Å²) in [6, 6.07) is 5.84. The molecule has 1 N–H and O–H groups in total. The number of benzene rings is 1. The Morgan fingerprint density at radius 2 is 2.31 bits per heavy atom. The summed E-state index contributed by atoms with van der Waals surface area (Å²) in [6.07, 6.45) is 0.920. The van der Waals surface area contributed by atoms with Crippen LogP contribution in [0, 0.1) is 0 Å². The van der Waals surface area contributed by atoms with Gasteiger partial charge in [0.15, 0.2) is 0 Å². The Bertz CT molecular complexity index is 349. The molecule has 1 aliphatic heterocycles. The van der Waals surface area contributed by atoms with Crippen molar-refractivity contribution in [2.45, 2.75) is 12.3 Å². The van der Waals surface area contributed by atoms with E-state index >= 15 is 0 Å². The standard InChI is InChI=1S/C10H10ClNO/c11-6-7-1-2-8-3-4-12-10(13)9(8)5-7/h1-2,5H,3-4,6H2,(H,12,13). The van der Waals surface area contributed by atoms with Gasteiger partial charge in [0, 0.05) is 18.0 Å². The third kappa shape index (κ3) is 1.54. The van der Waals surface area contributed by atoms with Crippen molar-refractivity contribution < 1.29 is 4.79 Å². The number of alkyl halides is 1. The number of rotatable bonds is 1. The molecular formula is C10H10ClNO. The molecule has 0 saturated heterocycles. The molecule has 1 aliphatic rings. The summed E-state index contributed by atoms with van der Waals surface area (Å²) in [7, 11) is 0. The van der Waals surface area contributed by atoms with Crippen molar-refractivity contribution in [1.82, 2.24) is 5.32 Å². The van der Waals surface area contributed by atoms with Crippen molar-refractivity contribution >= 4 is 17.5 Å². The van der Waals surface area contributed by atoms with Crippen LogP contribution >= 0.6 is 11.6 Å². The van der Waals surface area contributed by atoms with Gasteiger partial charge in [-0.05, 0) is 23.6 Å². The molecule has 0 atom stereocenters. The molecule has 1 aromatic rings. The second-order valence-electron chi connectivity index (χ2n) is 3.13. The molecule has 0 aromatic heterocycles. The first-order valence-corrected chi connectivity index (χ1v) is 4.80. The number of carbonyl (C=O) groups is 1. The molecule has 0 fully saturated rings. The molecule has 1 amide bonds. The van der Waals surface area contributed by atoms with Crippen LogP contribution in [0.5, 0.6) is 0 Å². The molecule has 2 nitrogen and oxygen atoms in total. The Labute approximate surface area is 81.9 Å². The summed E-state index contributed by atoms with van der Waals surface area (Å²) >= 11 is 5.69. The van der Waals surface area contributed by atoms with Crippen LogP contribution in [0.15, 0.2) is 18.2 Å². The van der Waals surface area contributed by atoms with Crippen molar-refractivity contribution in [2.24, 2.45) is 0 Å². The molecule has 13 heavy (non-hydrogen) atoms. The lowest BCUT2D eigenvalue weighted by atomic mass is 9.98. The van der Waals surface area contributed by atoms with Crippen LogP contribution < -0.4 is 5.32 Å². The van der Waals surface area contributed by atoms with E-state index in [1.807, 2.05) is 18.2 Å². The van der Waals surface area contributed by atoms with Crippen LogP contribution in [0.2, 0.25) is 0 Å². The van der Waals surface area contributed by atoms with E-state index in [0.717, 1.165) is 29.7 Å². The normalized spacial score (nSPS) is 15.0. The maximum Gasteiger partial charge on any atom is 0.251 e. The first-order valence-electron chi connectivity index (χ1n) is 4.27. The van der Waals surface area contributed by atoms with Gasteiger partial charge in [-0.2, -0.15) is 0 Å². The van der Waals surface area contributed by atoms with Crippen LogP contribution in [0.1, 0.15) is 21.5 Å². The van der Waals surface area contributed by atoms with Gasteiger partial charge in [0.05, 0.1) is 0 Å². The topological polar surface area (TPSA) is 29.1 Å². The highest BCUT2D eigenvalue weighted by Crippen LogP contribution is 2.16. The summed E-state index contributed by atoms with van der Waals surface area (Å²) in [5, 5.41) is 2.81. The smallest absolute Gasteiger partial charge is 0.251 e. The number of hydrogen-bond donors (Lipinski definition) is 1. The maximum absolute atomic E-state index is 11.4. The molecule has 68 valence electrons. The second-order valence-corrected chi connectivity index (χ2v) is 3.40. The van der Waals surface area contributed by atoms with E-state index in [0.29, 0.717) is 5.88 Å². The number of halogens is 1. The largest absolute Gasteiger partial charge is 0.352 e. The van der Waals surface area contributed by atoms with Gasteiger partial charge in [0.2, 0.25) is 0 Å². The van der Waals surface area contributed by atoms with E-state index in [2.05, 4.69) is 5.32 Å². The summed E-state index contributed by atoms with van der Waals surface area (Å²) < 4.78 is 0. The molecule has 0 bridgehead atoms. The zero-order valence-corrected chi connectivity index (χ0v) is 7.90. The third-order valence-corrected chi connectivity index (χ3v) is 2.56. The fourth-order valence-corrected chi connectivity index (χ4v) is 1.71. The first-order chi connectivity index (χ1) is 6.31. The van der Waals surface area contributed by atoms with Crippen LogP contribution in [0.3, 0.4) is 0 Å². The average molecular weight is 196 g/mol. The van der Waals surface area contributed by atoms with Gasteiger partial charge < -0.3 is 5.32 Å². The van der Waals surface area contributed by atoms with Crippen LogP contribution in [-0.2, 0) is 12.3 Å². The molecule has 2 rings (SSSR count). The van der Waals surface area contributed by atoms with Crippen molar-refractivity contribution in [1.29, 1.82) is 0 Å². The lowest BCUT2D eigenvalue weighted by Gasteiger charge is -2.16. The lowest BCUT2D eigenvalue weighted by Crippen LogP contribution is -2.31. The molecule has 0 aliphatic carbocycles. The van der Waals surface area contributed by atoms with Crippen molar-refractivity contribution in [3.63, 3.8) is 0 Å². The second kappa shape index (κ2) is 3.38. The molecule has 0 radical (unpaired) electrons. The van der Waals surface area contributed by atoms with Gasteiger partial charge >= 0.3 is 0 Å². The van der Waals surface area contributed by atoms with E-state index in [1.54, 1.807) is 0 Å². The van der Waals surface area contributed by atoms with Gasteiger partial charge in [-0.3, -0.25) is 4.79 Å². The summed E-state index contributed by atoms with van der Waals surface area (Å²) in [5.74, 6) is 0.480. The Morgan fingerprint density at radius 1 is 1.46 bits per heavy atom. The first kappa shape index (κ1) is 8.57. The molecule has 3 heteroatoms. The quantitative estimate of drug-likeness (QED) is 0.680. The molecule has 1 aromatic carbocycles. The lowest BCUT2D eigenvalue weighted by molar-refractivity contribution is 0.0946. The number of fused-ring (bicyclic) bond motifs is 1. The Hall–Kier alpha value is -1.02. The van der Waals surface area contributed by atoms with Gasteiger partial charge in [-0.25, -0.2) is 0 Å². The zero-order chi connectivity index (χ0) is 9.26. The van der Waals surface area contributed by atoms with E-state index in [1.165, 1.54) is 0 Å². The minimum Gasteiger partial charge on any atom is -0.352 e. The molecular weight excluding hydrogens is 186 g/mol. The van der Waals surface area contributed by atoms with E-state index < -0.39 is 0 Å². The Morgan fingerprint density at radius 3 is 3.08 bits per heavy atom. The molecule has 0 unspecified atom stereocenters. The highest BCUT2D eigenvalue weighted by Gasteiger charge is 2.15. The number of nitrogens with one attached hydrogen (secondary N) is 1. The Balaban J connectivity index is 2.47. The summed E-state index contributed by atoms with van der Waals surface area (Å²) in [6.45, 7) is 0.742. The van der Waals surface area contributed by atoms with E-state index in [4.69, 9.17) is 11.6 Å². The van der Waals surface area contributed by atoms with Gasteiger partial charge in [-0.15, -0.1) is 11.6 Å². The average Bonchev–Trinajstić information content (AvgIpc) is 2.18. The van der Waals surface area contributed by atoms with E-state index in [9.17, 15) is 4.79 Å². The monoisotopic (exact) mass is 195 g/mol. The summed E-state index contributed by atoms with van der Waals surface area (Å²) in [5.41, 5.74) is 2.90. The number of hydrogen-bond acceptors (Lipinski definition) is 1. The summed E-state index contributed by atoms with van der Waals surface area (Å²) in [4.78, 5) is 11.4. The highest BCUT2D eigenvalue weighted by molar-refractivity contribution is 6.17. The van der Waals surface area contributed by atoms with Gasteiger partial charge in [0.1, 0.15) is 0 Å². The van der Waals surface area contributed by atoms with Gasteiger partial charge in [0.25, 0.3) is 5.91 Å². The minimum atomic E-state index is 0.0215. The number of amides is 1. The Kier molecular flexibility index (Phi) is 2.23. The predicted molar refractivity (Wildman–Crippen MR) is 52.0 cm³/mol. The molecule has 1 heterocycles. The minimum absolute atomic E-state index is 0.0215. The molecule has 0 saturated carbocycles. The number of carbonyl (C=O) groups excluding carboxylic acids is 1. The van der Waals surface area contributed by atoms with E-state index in [-0.39, 0.29) is 5.91 Å². The van der Waals surface area contributed by atoms with Gasteiger partial charge in [-0.1, -0.05) is 12.1 Å². The van der Waals surface area contributed by atoms with Crippen molar-refractivity contribution in [3.05, 3.63) is 34.9 Å². The predicted octanol–water partition coefficient (Wildman–Crippen LogP) is 1.71. The third-order valence-electron chi connectivity index (χ3n) is 2.25. The molecule has 0 spiro atoms. The van der Waals surface area contributed by atoms with Crippen LogP contribution in [0.4, 0.5) is 0 Å². The highest BCUT2D eigenvalue weighted by atomic mass is 35.5.